The fourth-order valence-electron chi connectivity index (χ4n) is 1.56. The summed E-state index contributed by atoms with van der Waals surface area (Å²) in [6, 6.07) is 9.23. The Morgan fingerprint density at radius 1 is 1.28 bits per heavy atom. The number of carboxylic acids is 1. The molecule has 0 aromatic heterocycles. The van der Waals surface area contributed by atoms with Crippen molar-refractivity contribution >= 4 is 16.0 Å². The van der Waals surface area contributed by atoms with E-state index in [1.807, 2.05) is 30.3 Å². The first-order valence-corrected chi connectivity index (χ1v) is 7.45. The summed E-state index contributed by atoms with van der Waals surface area (Å²) in [5.74, 6) is -0.914. The van der Waals surface area contributed by atoms with Crippen LogP contribution < -0.4 is 0 Å². The van der Waals surface area contributed by atoms with Crippen molar-refractivity contribution < 1.29 is 18.3 Å². The van der Waals surface area contributed by atoms with Gasteiger partial charge in [-0.3, -0.25) is 4.79 Å². The van der Waals surface area contributed by atoms with E-state index in [1.165, 1.54) is 4.31 Å². The molecule has 0 radical (unpaired) electrons. The predicted molar refractivity (Wildman–Crippen MR) is 68.6 cm³/mol. The Hall–Kier alpha value is -1.40. The lowest BCUT2D eigenvalue weighted by atomic mass is 10.2. The first kappa shape index (κ1) is 14.7. The van der Waals surface area contributed by atoms with Gasteiger partial charge in [-0.25, -0.2) is 8.42 Å². The van der Waals surface area contributed by atoms with Crippen molar-refractivity contribution in [1.29, 1.82) is 0 Å². The van der Waals surface area contributed by atoms with E-state index in [9.17, 15) is 13.2 Å². The summed E-state index contributed by atoms with van der Waals surface area (Å²) >= 11 is 0. The van der Waals surface area contributed by atoms with Gasteiger partial charge in [-0.1, -0.05) is 30.3 Å². The summed E-state index contributed by atoms with van der Waals surface area (Å²) in [4.78, 5) is 10.4. The Balaban J connectivity index is 2.65. The zero-order valence-corrected chi connectivity index (χ0v) is 11.1. The second-order valence-corrected chi connectivity index (χ2v) is 6.06. The quantitative estimate of drug-likeness (QED) is 0.811. The number of hydrogen-bond donors (Lipinski definition) is 1. The first-order chi connectivity index (χ1) is 8.39. The highest BCUT2D eigenvalue weighted by molar-refractivity contribution is 7.88. The van der Waals surface area contributed by atoms with Gasteiger partial charge < -0.3 is 5.11 Å². The maximum absolute atomic E-state index is 11.6. The zero-order valence-electron chi connectivity index (χ0n) is 10.2. The summed E-state index contributed by atoms with van der Waals surface area (Å²) < 4.78 is 24.5. The molecule has 100 valence electrons. The number of rotatable bonds is 7. The average Bonchev–Trinajstić information content (AvgIpc) is 2.27. The number of carboxylic acid groups (broad SMARTS) is 1. The molecule has 1 rings (SSSR count). The number of carbonyl (C=O) groups is 1. The Morgan fingerprint density at radius 2 is 1.89 bits per heavy atom. The van der Waals surface area contributed by atoms with E-state index in [0.29, 0.717) is 6.42 Å². The van der Waals surface area contributed by atoms with Gasteiger partial charge in [0, 0.05) is 19.5 Å². The third-order valence-electron chi connectivity index (χ3n) is 2.47. The lowest BCUT2D eigenvalue weighted by molar-refractivity contribution is -0.137. The Bertz CT molecular complexity index is 484. The highest BCUT2D eigenvalue weighted by atomic mass is 32.2. The molecule has 0 fully saturated rings. The third kappa shape index (κ3) is 5.29. The molecule has 1 aromatic carbocycles. The monoisotopic (exact) mass is 271 g/mol. The number of benzene rings is 1. The molecule has 0 amide bonds. The molecule has 0 bridgehead atoms. The normalized spacial score (nSPS) is 11.7. The molecule has 5 nitrogen and oxygen atoms in total. The summed E-state index contributed by atoms with van der Waals surface area (Å²) in [5, 5.41) is 8.55. The van der Waals surface area contributed by atoms with E-state index in [4.69, 9.17) is 5.11 Å². The Morgan fingerprint density at radius 3 is 2.39 bits per heavy atom. The van der Waals surface area contributed by atoms with E-state index < -0.39 is 16.0 Å². The molecule has 0 spiro atoms. The fraction of sp³-hybridized carbons (Fsp3) is 0.417. The standard InChI is InChI=1S/C12H17NO4S/c1-18(16,17)13(9-5-8-12(14)15)10-11-6-3-2-4-7-11/h2-4,6-7H,5,8-10H2,1H3,(H,14,15). The van der Waals surface area contributed by atoms with Gasteiger partial charge in [0.2, 0.25) is 10.0 Å². The maximum atomic E-state index is 11.6. The van der Waals surface area contributed by atoms with Gasteiger partial charge in [-0.05, 0) is 12.0 Å². The molecular weight excluding hydrogens is 254 g/mol. The van der Waals surface area contributed by atoms with Crippen LogP contribution in [0.4, 0.5) is 0 Å². The Kier molecular flexibility index (Phi) is 5.30. The van der Waals surface area contributed by atoms with Gasteiger partial charge in [-0.15, -0.1) is 0 Å². The van der Waals surface area contributed by atoms with Crippen LogP contribution in [-0.2, 0) is 21.4 Å². The minimum Gasteiger partial charge on any atom is -0.481 e. The minimum atomic E-state index is -3.32. The molecule has 6 heteroatoms. The Labute approximate surface area is 107 Å². The van der Waals surface area contributed by atoms with Crippen LogP contribution in [0.15, 0.2) is 30.3 Å². The summed E-state index contributed by atoms with van der Waals surface area (Å²) in [6.45, 7) is 0.499. The van der Waals surface area contributed by atoms with Gasteiger partial charge >= 0.3 is 5.97 Å². The van der Waals surface area contributed by atoms with Crippen LogP contribution in [0.3, 0.4) is 0 Å². The van der Waals surface area contributed by atoms with Gasteiger partial charge in [-0.2, -0.15) is 4.31 Å². The number of nitrogens with zero attached hydrogens (tertiary/aromatic N) is 1. The van der Waals surface area contributed by atoms with Crippen LogP contribution in [0.25, 0.3) is 0 Å². The van der Waals surface area contributed by atoms with Crippen LogP contribution in [0.1, 0.15) is 18.4 Å². The highest BCUT2D eigenvalue weighted by Crippen LogP contribution is 2.09. The van der Waals surface area contributed by atoms with Crippen LogP contribution in [0.2, 0.25) is 0 Å². The van der Waals surface area contributed by atoms with E-state index in [2.05, 4.69) is 0 Å². The summed E-state index contributed by atoms with van der Waals surface area (Å²) in [5.41, 5.74) is 0.887. The van der Waals surface area contributed by atoms with Crippen LogP contribution in [0, 0.1) is 0 Å². The molecule has 0 aliphatic carbocycles. The number of sulfonamides is 1. The SMILES string of the molecule is CS(=O)(=O)N(CCCC(=O)O)Cc1ccccc1. The summed E-state index contributed by atoms with van der Waals surface area (Å²) in [7, 11) is -3.32. The third-order valence-corrected chi connectivity index (χ3v) is 3.72. The smallest absolute Gasteiger partial charge is 0.303 e. The summed E-state index contributed by atoms with van der Waals surface area (Å²) in [6.07, 6.45) is 1.42. The van der Waals surface area contributed by atoms with E-state index >= 15 is 0 Å². The van der Waals surface area contributed by atoms with Crippen molar-refractivity contribution in [2.75, 3.05) is 12.8 Å². The van der Waals surface area contributed by atoms with Crippen LogP contribution in [-0.4, -0.2) is 36.6 Å². The molecule has 0 heterocycles. The molecular formula is C12H17NO4S. The molecule has 0 aliphatic heterocycles. The second-order valence-electron chi connectivity index (χ2n) is 4.08. The minimum absolute atomic E-state index is 0.0270. The van der Waals surface area contributed by atoms with Crippen molar-refractivity contribution in [1.82, 2.24) is 4.31 Å². The van der Waals surface area contributed by atoms with E-state index in [-0.39, 0.29) is 19.5 Å². The first-order valence-electron chi connectivity index (χ1n) is 5.60. The van der Waals surface area contributed by atoms with Gasteiger partial charge in [0.05, 0.1) is 6.26 Å². The van der Waals surface area contributed by atoms with Crippen molar-refractivity contribution in [3.8, 4) is 0 Å². The van der Waals surface area contributed by atoms with Crippen molar-refractivity contribution in [3.05, 3.63) is 35.9 Å². The van der Waals surface area contributed by atoms with Gasteiger partial charge in [0.1, 0.15) is 0 Å². The van der Waals surface area contributed by atoms with Crippen LogP contribution in [0.5, 0.6) is 0 Å². The lowest BCUT2D eigenvalue weighted by Gasteiger charge is -2.19. The topological polar surface area (TPSA) is 74.7 Å². The van der Waals surface area contributed by atoms with Crippen LogP contribution >= 0.6 is 0 Å². The molecule has 0 atom stereocenters. The van der Waals surface area contributed by atoms with Gasteiger partial charge in [0.25, 0.3) is 0 Å². The molecule has 0 aliphatic rings. The maximum Gasteiger partial charge on any atom is 0.303 e. The average molecular weight is 271 g/mol. The van der Waals surface area contributed by atoms with Gasteiger partial charge in [0.15, 0.2) is 0 Å². The molecule has 1 N–H and O–H groups in total. The van der Waals surface area contributed by atoms with Crippen molar-refractivity contribution in [2.45, 2.75) is 19.4 Å². The highest BCUT2D eigenvalue weighted by Gasteiger charge is 2.16. The molecule has 18 heavy (non-hydrogen) atoms. The predicted octanol–water partition coefficient (Wildman–Crippen LogP) is 1.31. The van der Waals surface area contributed by atoms with Crippen molar-refractivity contribution in [3.63, 3.8) is 0 Å². The number of aliphatic carboxylic acids is 1. The van der Waals surface area contributed by atoms with E-state index in [1.54, 1.807) is 0 Å². The largest absolute Gasteiger partial charge is 0.481 e. The fourth-order valence-corrected chi connectivity index (χ4v) is 2.40. The van der Waals surface area contributed by atoms with E-state index in [0.717, 1.165) is 11.8 Å². The zero-order chi connectivity index (χ0) is 13.6. The molecule has 0 saturated heterocycles. The molecule has 1 aromatic rings. The lowest BCUT2D eigenvalue weighted by Crippen LogP contribution is -2.30. The van der Waals surface area contributed by atoms with Crippen molar-refractivity contribution in [2.24, 2.45) is 0 Å². The second kappa shape index (κ2) is 6.51. The number of hydrogen-bond acceptors (Lipinski definition) is 3. The molecule has 0 unspecified atom stereocenters. The molecule has 0 saturated carbocycles.